The highest BCUT2D eigenvalue weighted by atomic mass is 35.5. The Bertz CT molecular complexity index is 76.2. The van der Waals surface area contributed by atoms with Crippen molar-refractivity contribution in [2.24, 2.45) is 0 Å². The molecule has 13 heavy (non-hydrogen) atoms. The van der Waals surface area contributed by atoms with Crippen molar-refractivity contribution >= 4 is 24.2 Å². The molecule has 0 aliphatic rings. The fourth-order valence-electron chi connectivity index (χ4n) is 1.44. The molecule has 0 saturated carbocycles. The zero-order valence-electron chi connectivity index (χ0n) is 8.60. The minimum Gasteiger partial charge on any atom is -0.179 e. The molecule has 0 radical (unpaired) electrons. The molecular formula is C11H23ClS. The van der Waals surface area contributed by atoms with Gasteiger partial charge in [0.1, 0.15) is 0 Å². The first kappa shape index (κ1) is 13.6. The average Bonchev–Trinajstić information content (AvgIpc) is 2.16. The molecule has 0 aliphatic heterocycles. The average molecular weight is 223 g/mol. The first-order valence-corrected chi connectivity index (χ1v) is 6.75. The Hall–Kier alpha value is 0.640. The smallest absolute Gasteiger partial charge is 0.0223 e. The Kier molecular flexibility index (Phi) is 13.3. The third kappa shape index (κ3) is 12.6. The summed E-state index contributed by atoms with van der Waals surface area (Å²) in [7, 11) is 0. The molecule has 0 heterocycles. The van der Waals surface area contributed by atoms with E-state index >= 15 is 0 Å². The predicted octanol–water partition coefficient (Wildman–Crippen LogP) is 4.67. The van der Waals surface area contributed by atoms with Crippen molar-refractivity contribution in [3.8, 4) is 0 Å². The maximum atomic E-state index is 5.59. The van der Waals surface area contributed by atoms with Gasteiger partial charge in [-0.25, -0.2) is 0 Å². The summed E-state index contributed by atoms with van der Waals surface area (Å²) in [5.41, 5.74) is 0. The first-order chi connectivity index (χ1) is 6.41. The second-order valence-corrected chi connectivity index (χ2v) is 4.42. The lowest BCUT2D eigenvalue weighted by molar-refractivity contribution is 0.574. The van der Waals surface area contributed by atoms with Gasteiger partial charge in [-0.2, -0.15) is 12.6 Å². The van der Waals surface area contributed by atoms with Crippen molar-refractivity contribution in [2.75, 3.05) is 11.6 Å². The van der Waals surface area contributed by atoms with E-state index in [1.54, 1.807) is 0 Å². The van der Waals surface area contributed by atoms with E-state index in [-0.39, 0.29) is 0 Å². The minimum absolute atomic E-state index is 0.835. The molecule has 0 aromatic carbocycles. The van der Waals surface area contributed by atoms with Crippen LogP contribution in [0.15, 0.2) is 0 Å². The summed E-state index contributed by atoms with van der Waals surface area (Å²) in [4.78, 5) is 0. The lowest BCUT2D eigenvalue weighted by Crippen LogP contribution is -1.82. The molecule has 0 unspecified atom stereocenters. The summed E-state index contributed by atoms with van der Waals surface area (Å²) in [5.74, 6) is 1.89. The van der Waals surface area contributed by atoms with Gasteiger partial charge in [-0.3, -0.25) is 0 Å². The van der Waals surface area contributed by atoms with Crippen LogP contribution in [-0.4, -0.2) is 11.6 Å². The van der Waals surface area contributed by atoms with E-state index < -0.39 is 0 Å². The van der Waals surface area contributed by atoms with Crippen LogP contribution in [0.1, 0.15) is 57.8 Å². The molecule has 0 aliphatic carbocycles. The van der Waals surface area contributed by atoms with Crippen LogP contribution < -0.4 is 0 Å². The van der Waals surface area contributed by atoms with Gasteiger partial charge >= 0.3 is 0 Å². The fourth-order valence-corrected chi connectivity index (χ4v) is 1.86. The summed E-state index contributed by atoms with van der Waals surface area (Å²) < 4.78 is 0. The normalized spacial score (nSPS) is 10.6. The van der Waals surface area contributed by atoms with E-state index in [4.69, 9.17) is 11.6 Å². The van der Waals surface area contributed by atoms with Crippen molar-refractivity contribution in [1.82, 2.24) is 0 Å². The molecular weight excluding hydrogens is 200 g/mol. The number of alkyl halides is 1. The van der Waals surface area contributed by atoms with Crippen molar-refractivity contribution in [1.29, 1.82) is 0 Å². The highest BCUT2D eigenvalue weighted by Crippen LogP contribution is 2.09. The van der Waals surface area contributed by atoms with Crippen molar-refractivity contribution in [3.05, 3.63) is 0 Å². The van der Waals surface area contributed by atoms with Crippen LogP contribution in [0.2, 0.25) is 0 Å². The third-order valence-corrected chi connectivity index (χ3v) is 2.88. The van der Waals surface area contributed by atoms with E-state index in [9.17, 15) is 0 Å². The zero-order chi connectivity index (χ0) is 9.78. The molecule has 0 N–H and O–H groups in total. The summed E-state index contributed by atoms with van der Waals surface area (Å²) in [6, 6.07) is 0. The number of halogens is 1. The van der Waals surface area contributed by atoms with Gasteiger partial charge in [0.25, 0.3) is 0 Å². The molecule has 0 nitrogen and oxygen atoms in total. The van der Waals surface area contributed by atoms with Gasteiger partial charge in [0.2, 0.25) is 0 Å². The Labute approximate surface area is 93.8 Å². The van der Waals surface area contributed by atoms with Crippen LogP contribution >= 0.6 is 24.2 Å². The van der Waals surface area contributed by atoms with Crippen LogP contribution in [0.4, 0.5) is 0 Å². The molecule has 0 fully saturated rings. The largest absolute Gasteiger partial charge is 0.179 e. The molecule has 0 aromatic heterocycles. The van der Waals surface area contributed by atoms with Gasteiger partial charge in [-0.05, 0) is 18.6 Å². The second-order valence-electron chi connectivity index (χ2n) is 3.59. The lowest BCUT2D eigenvalue weighted by atomic mass is 10.1. The van der Waals surface area contributed by atoms with E-state index in [0.717, 1.165) is 11.6 Å². The van der Waals surface area contributed by atoms with E-state index in [2.05, 4.69) is 12.6 Å². The standard InChI is InChI=1S/C11H23ClS/c12-10-8-6-4-2-1-3-5-7-9-11-13/h13H,1-11H2. The lowest BCUT2D eigenvalue weighted by Gasteiger charge is -2.00. The van der Waals surface area contributed by atoms with Gasteiger partial charge in [0.05, 0.1) is 0 Å². The van der Waals surface area contributed by atoms with Crippen molar-refractivity contribution in [3.63, 3.8) is 0 Å². The quantitative estimate of drug-likeness (QED) is 0.310. The molecule has 0 aromatic rings. The SMILES string of the molecule is SCCCCCCCCCCCCl. The number of thiol groups is 1. The van der Waals surface area contributed by atoms with Gasteiger partial charge < -0.3 is 0 Å². The van der Waals surface area contributed by atoms with Gasteiger partial charge in [0, 0.05) is 5.88 Å². The van der Waals surface area contributed by atoms with Crippen LogP contribution in [0.5, 0.6) is 0 Å². The number of rotatable bonds is 10. The maximum Gasteiger partial charge on any atom is 0.0223 e. The highest BCUT2D eigenvalue weighted by molar-refractivity contribution is 7.80. The summed E-state index contributed by atoms with van der Waals surface area (Å²) in [6.45, 7) is 0. The Balaban J connectivity index is 2.76. The maximum absolute atomic E-state index is 5.59. The first-order valence-electron chi connectivity index (χ1n) is 5.58. The fraction of sp³-hybridized carbons (Fsp3) is 1.00. The third-order valence-electron chi connectivity index (χ3n) is 2.29. The summed E-state index contributed by atoms with van der Waals surface area (Å²) in [6.07, 6.45) is 12.2. The number of hydrogen-bond donors (Lipinski definition) is 1. The molecule has 2 heteroatoms. The van der Waals surface area contributed by atoms with Crippen molar-refractivity contribution < 1.29 is 0 Å². The van der Waals surface area contributed by atoms with Crippen LogP contribution in [-0.2, 0) is 0 Å². The van der Waals surface area contributed by atoms with Gasteiger partial charge in [-0.1, -0.05) is 44.9 Å². The topological polar surface area (TPSA) is 0 Å². The summed E-state index contributed by atoms with van der Waals surface area (Å²) >= 11 is 9.78. The monoisotopic (exact) mass is 222 g/mol. The summed E-state index contributed by atoms with van der Waals surface area (Å²) in [5, 5.41) is 0. The molecule has 0 saturated heterocycles. The number of hydrogen-bond acceptors (Lipinski definition) is 1. The van der Waals surface area contributed by atoms with E-state index in [1.807, 2.05) is 0 Å². The molecule has 0 atom stereocenters. The van der Waals surface area contributed by atoms with E-state index in [0.29, 0.717) is 0 Å². The molecule has 0 bridgehead atoms. The molecule has 0 rings (SSSR count). The second kappa shape index (κ2) is 12.6. The highest BCUT2D eigenvalue weighted by Gasteiger charge is 1.91. The minimum atomic E-state index is 0.835. The molecule has 0 amide bonds. The molecule has 0 spiro atoms. The Morgan fingerprint density at radius 1 is 0.615 bits per heavy atom. The van der Waals surface area contributed by atoms with Crippen LogP contribution in [0, 0.1) is 0 Å². The Morgan fingerprint density at radius 2 is 1.00 bits per heavy atom. The van der Waals surface area contributed by atoms with Crippen LogP contribution in [0.25, 0.3) is 0 Å². The molecule has 80 valence electrons. The van der Waals surface area contributed by atoms with Gasteiger partial charge in [0.15, 0.2) is 0 Å². The van der Waals surface area contributed by atoms with Crippen molar-refractivity contribution in [2.45, 2.75) is 57.8 Å². The Morgan fingerprint density at radius 3 is 1.38 bits per heavy atom. The predicted molar refractivity (Wildman–Crippen MR) is 66.1 cm³/mol. The van der Waals surface area contributed by atoms with Gasteiger partial charge in [-0.15, -0.1) is 11.6 Å². The van der Waals surface area contributed by atoms with E-state index in [1.165, 1.54) is 57.8 Å². The zero-order valence-corrected chi connectivity index (χ0v) is 10.3. The van der Waals surface area contributed by atoms with Crippen LogP contribution in [0.3, 0.4) is 0 Å². The number of unbranched alkanes of at least 4 members (excludes halogenated alkanes) is 8.